The standard InChI is InChI=1S/C18H28BNO2/c1-13(2)12-20-10-9-14-11-15(7-8-16(14)20)19-21-17(3,4)18(5,6)22-19/h7-8,11,13H,9-10,12H2,1-6H3. The van der Waals surface area contributed by atoms with Crippen molar-refractivity contribution in [1.82, 2.24) is 0 Å². The van der Waals surface area contributed by atoms with Crippen LogP contribution in [0.2, 0.25) is 0 Å². The second-order valence-corrected chi connectivity index (χ2v) is 8.07. The van der Waals surface area contributed by atoms with Gasteiger partial charge in [-0.1, -0.05) is 26.0 Å². The maximum atomic E-state index is 6.17. The number of rotatable bonds is 3. The molecule has 2 aliphatic rings. The van der Waals surface area contributed by atoms with Gasteiger partial charge in [0.15, 0.2) is 0 Å². The lowest BCUT2D eigenvalue weighted by Gasteiger charge is -2.32. The van der Waals surface area contributed by atoms with Crippen LogP contribution in [0.25, 0.3) is 0 Å². The molecule has 1 aromatic rings. The zero-order valence-corrected chi connectivity index (χ0v) is 14.8. The molecule has 120 valence electrons. The van der Waals surface area contributed by atoms with Gasteiger partial charge in [0, 0.05) is 18.8 Å². The van der Waals surface area contributed by atoms with Gasteiger partial charge in [-0.15, -0.1) is 0 Å². The van der Waals surface area contributed by atoms with Crippen molar-refractivity contribution in [1.29, 1.82) is 0 Å². The smallest absolute Gasteiger partial charge is 0.399 e. The Morgan fingerprint density at radius 1 is 1.14 bits per heavy atom. The molecule has 2 heterocycles. The van der Waals surface area contributed by atoms with E-state index in [4.69, 9.17) is 9.31 Å². The lowest BCUT2D eigenvalue weighted by molar-refractivity contribution is 0.00578. The fourth-order valence-electron chi connectivity index (χ4n) is 3.25. The maximum absolute atomic E-state index is 6.17. The van der Waals surface area contributed by atoms with Crippen molar-refractivity contribution in [2.75, 3.05) is 18.0 Å². The molecule has 0 spiro atoms. The van der Waals surface area contributed by atoms with Crippen LogP contribution in [0.1, 0.15) is 47.1 Å². The Morgan fingerprint density at radius 3 is 2.36 bits per heavy atom. The van der Waals surface area contributed by atoms with Gasteiger partial charge in [0.1, 0.15) is 0 Å². The van der Waals surface area contributed by atoms with E-state index in [0.717, 1.165) is 25.0 Å². The molecule has 0 atom stereocenters. The number of hydrogen-bond donors (Lipinski definition) is 0. The highest BCUT2D eigenvalue weighted by atomic mass is 16.7. The Hall–Kier alpha value is -0.995. The summed E-state index contributed by atoms with van der Waals surface area (Å²) in [5.41, 5.74) is 3.39. The Labute approximate surface area is 135 Å². The molecule has 4 heteroatoms. The Morgan fingerprint density at radius 2 is 1.77 bits per heavy atom. The van der Waals surface area contributed by atoms with Crippen molar-refractivity contribution in [3.63, 3.8) is 0 Å². The minimum Gasteiger partial charge on any atom is -0.399 e. The third-order valence-electron chi connectivity index (χ3n) is 5.21. The van der Waals surface area contributed by atoms with Crippen LogP contribution in [0.4, 0.5) is 5.69 Å². The molecule has 1 aromatic carbocycles. The van der Waals surface area contributed by atoms with Crippen molar-refractivity contribution < 1.29 is 9.31 Å². The van der Waals surface area contributed by atoms with E-state index in [1.807, 2.05) is 0 Å². The van der Waals surface area contributed by atoms with E-state index < -0.39 is 0 Å². The van der Waals surface area contributed by atoms with Crippen LogP contribution >= 0.6 is 0 Å². The molecule has 0 unspecified atom stereocenters. The largest absolute Gasteiger partial charge is 0.494 e. The Bertz CT molecular complexity index is 552. The molecular formula is C18H28BNO2. The summed E-state index contributed by atoms with van der Waals surface area (Å²) in [4.78, 5) is 2.49. The van der Waals surface area contributed by atoms with Gasteiger partial charge < -0.3 is 14.2 Å². The SMILES string of the molecule is CC(C)CN1CCc2cc(B3OC(C)(C)C(C)(C)O3)ccc21. The average molecular weight is 301 g/mol. The van der Waals surface area contributed by atoms with E-state index in [0.29, 0.717) is 5.92 Å². The van der Waals surface area contributed by atoms with Crippen molar-refractivity contribution in [2.24, 2.45) is 5.92 Å². The van der Waals surface area contributed by atoms with Gasteiger partial charge in [-0.25, -0.2) is 0 Å². The van der Waals surface area contributed by atoms with Crippen LogP contribution in [-0.4, -0.2) is 31.4 Å². The summed E-state index contributed by atoms with van der Waals surface area (Å²) >= 11 is 0. The number of hydrogen-bond acceptors (Lipinski definition) is 3. The lowest BCUT2D eigenvalue weighted by atomic mass is 9.78. The van der Waals surface area contributed by atoms with Gasteiger partial charge in [0.05, 0.1) is 11.2 Å². The van der Waals surface area contributed by atoms with Crippen molar-refractivity contribution >= 4 is 18.3 Å². The van der Waals surface area contributed by atoms with Crippen LogP contribution in [0.15, 0.2) is 18.2 Å². The molecule has 0 N–H and O–H groups in total. The predicted octanol–water partition coefficient (Wildman–Crippen LogP) is 3.00. The zero-order chi connectivity index (χ0) is 16.1. The summed E-state index contributed by atoms with van der Waals surface area (Å²) in [7, 11) is -0.255. The van der Waals surface area contributed by atoms with Crippen LogP contribution in [0.5, 0.6) is 0 Å². The average Bonchev–Trinajstić information content (AvgIpc) is 2.88. The molecule has 0 saturated carbocycles. The summed E-state index contributed by atoms with van der Waals surface area (Å²) in [5, 5.41) is 0. The summed E-state index contributed by atoms with van der Waals surface area (Å²) in [5.74, 6) is 0.689. The molecule has 0 aliphatic carbocycles. The fraction of sp³-hybridized carbons (Fsp3) is 0.667. The van der Waals surface area contributed by atoms with Gasteiger partial charge in [-0.05, 0) is 57.1 Å². The summed E-state index contributed by atoms with van der Waals surface area (Å²) in [6.45, 7) is 15.2. The topological polar surface area (TPSA) is 21.7 Å². The number of anilines is 1. The predicted molar refractivity (Wildman–Crippen MR) is 92.9 cm³/mol. The highest BCUT2D eigenvalue weighted by molar-refractivity contribution is 6.62. The second kappa shape index (κ2) is 5.28. The molecule has 3 rings (SSSR count). The van der Waals surface area contributed by atoms with E-state index in [1.54, 1.807) is 0 Å². The van der Waals surface area contributed by atoms with E-state index in [2.05, 4.69) is 64.6 Å². The van der Waals surface area contributed by atoms with Gasteiger partial charge in [-0.2, -0.15) is 0 Å². The van der Waals surface area contributed by atoms with Gasteiger partial charge >= 0.3 is 7.12 Å². The normalized spacial score (nSPS) is 22.5. The van der Waals surface area contributed by atoms with E-state index >= 15 is 0 Å². The summed E-state index contributed by atoms with van der Waals surface area (Å²) in [6, 6.07) is 6.68. The quantitative estimate of drug-likeness (QED) is 0.801. The van der Waals surface area contributed by atoms with Crippen LogP contribution in [-0.2, 0) is 15.7 Å². The molecule has 1 saturated heterocycles. The molecule has 22 heavy (non-hydrogen) atoms. The first-order valence-corrected chi connectivity index (χ1v) is 8.43. The third kappa shape index (κ3) is 2.67. The van der Waals surface area contributed by atoms with Gasteiger partial charge in [-0.3, -0.25) is 0 Å². The van der Waals surface area contributed by atoms with E-state index in [1.165, 1.54) is 11.3 Å². The summed E-state index contributed by atoms with van der Waals surface area (Å²) < 4.78 is 12.3. The lowest BCUT2D eigenvalue weighted by Crippen LogP contribution is -2.41. The van der Waals surface area contributed by atoms with E-state index in [9.17, 15) is 0 Å². The fourth-order valence-corrected chi connectivity index (χ4v) is 3.25. The maximum Gasteiger partial charge on any atom is 0.494 e. The third-order valence-corrected chi connectivity index (χ3v) is 5.21. The van der Waals surface area contributed by atoms with Crippen molar-refractivity contribution in [3.05, 3.63) is 23.8 Å². The highest BCUT2D eigenvalue weighted by Crippen LogP contribution is 2.37. The Kier molecular flexibility index (Phi) is 3.81. The first-order valence-electron chi connectivity index (χ1n) is 8.43. The molecule has 0 radical (unpaired) electrons. The monoisotopic (exact) mass is 301 g/mol. The molecule has 2 aliphatic heterocycles. The Balaban J connectivity index is 1.82. The highest BCUT2D eigenvalue weighted by Gasteiger charge is 2.51. The molecule has 0 aromatic heterocycles. The van der Waals surface area contributed by atoms with Gasteiger partial charge in [0.25, 0.3) is 0 Å². The minimum absolute atomic E-state index is 0.255. The number of fused-ring (bicyclic) bond motifs is 1. The number of benzene rings is 1. The van der Waals surface area contributed by atoms with Crippen LogP contribution < -0.4 is 10.4 Å². The first-order chi connectivity index (χ1) is 10.2. The summed E-state index contributed by atoms with van der Waals surface area (Å²) in [6.07, 6.45) is 1.12. The zero-order valence-electron chi connectivity index (χ0n) is 14.8. The van der Waals surface area contributed by atoms with Crippen LogP contribution in [0, 0.1) is 5.92 Å². The van der Waals surface area contributed by atoms with Gasteiger partial charge in [0.2, 0.25) is 0 Å². The first kappa shape index (κ1) is 15.9. The van der Waals surface area contributed by atoms with Crippen molar-refractivity contribution in [3.8, 4) is 0 Å². The second-order valence-electron chi connectivity index (χ2n) is 8.07. The van der Waals surface area contributed by atoms with Crippen molar-refractivity contribution in [2.45, 2.75) is 59.2 Å². The van der Waals surface area contributed by atoms with E-state index in [-0.39, 0.29) is 18.3 Å². The molecular weight excluding hydrogens is 273 g/mol. The minimum atomic E-state index is -0.277. The molecule has 1 fully saturated rings. The van der Waals surface area contributed by atoms with Crippen LogP contribution in [0.3, 0.4) is 0 Å². The molecule has 0 amide bonds. The number of nitrogens with zero attached hydrogens (tertiary/aromatic N) is 1. The molecule has 0 bridgehead atoms. The molecule has 3 nitrogen and oxygen atoms in total.